The molecule has 3 aromatic rings. The van der Waals surface area contributed by atoms with Gasteiger partial charge < -0.3 is 19.4 Å². The molecule has 0 spiro atoms. The van der Waals surface area contributed by atoms with Crippen molar-refractivity contribution in [3.8, 4) is 11.5 Å². The van der Waals surface area contributed by atoms with Gasteiger partial charge in [0, 0.05) is 41.7 Å². The second kappa shape index (κ2) is 6.98. The number of ether oxygens (including phenoxy) is 2. The first kappa shape index (κ1) is 17.5. The Bertz CT molecular complexity index is 926. The molecule has 7 heteroatoms. The first-order valence-corrected chi connectivity index (χ1v) is 9.15. The van der Waals surface area contributed by atoms with Crippen molar-refractivity contribution in [2.75, 3.05) is 27.3 Å². The van der Waals surface area contributed by atoms with Crippen molar-refractivity contribution in [1.82, 2.24) is 20.1 Å². The van der Waals surface area contributed by atoms with Gasteiger partial charge in [-0.25, -0.2) is 0 Å². The molecule has 7 nitrogen and oxygen atoms in total. The van der Waals surface area contributed by atoms with Crippen LogP contribution in [0.25, 0.3) is 10.9 Å². The molecule has 0 aliphatic carbocycles. The van der Waals surface area contributed by atoms with Crippen molar-refractivity contribution >= 4 is 16.8 Å². The molecule has 4 rings (SSSR count). The molecule has 0 radical (unpaired) electrons. The van der Waals surface area contributed by atoms with Gasteiger partial charge in [0.1, 0.15) is 5.69 Å². The largest absolute Gasteiger partial charge is 0.493 e. The number of nitrogens with zero attached hydrogens (tertiary/aromatic N) is 2. The zero-order chi connectivity index (χ0) is 19.0. The summed E-state index contributed by atoms with van der Waals surface area (Å²) in [4.78, 5) is 18.1. The Hall–Kier alpha value is -2.96. The molecule has 1 saturated heterocycles. The molecule has 1 fully saturated rings. The molecule has 3 heterocycles. The summed E-state index contributed by atoms with van der Waals surface area (Å²) in [6, 6.07) is 7.72. The number of methoxy groups -OCH3 is 2. The van der Waals surface area contributed by atoms with Crippen molar-refractivity contribution in [2.45, 2.75) is 25.7 Å². The van der Waals surface area contributed by atoms with Gasteiger partial charge in [0.05, 0.1) is 19.9 Å². The zero-order valence-electron chi connectivity index (χ0n) is 15.8. The Balaban J connectivity index is 1.50. The number of fused-ring (bicyclic) bond motifs is 1. The summed E-state index contributed by atoms with van der Waals surface area (Å²) < 4.78 is 10.7. The number of aryl methyl sites for hydroxylation is 1. The second-order valence-corrected chi connectivity index (χ2v) is 7.02. The van der Waals surface area contributed by atoms with Crippen LogP contribution in [0.3, 0.4) is 0 Å². The highest BCUT2D eigenvalue weighted by Gasteiger charge is 2.26. The van der Waals surface area contributed by atoms with Crippen LogP contribution in [0.5, 0.6) is 11.5 Å². The third-order valence-corrected chi connectivity index (χ3v) is 5.28. The van der Waals surface area contributed by atoms with Crippen molar-refractivity contribution < 1.29 is 14.3 Å². The van der Waals surface area contributed by atoms with Crippen LogP contribution in [-0.4, -0.2) is 53.3 Å². The van der Waals surface area contributed by atoms with E-state index in [1.54, 1.807) is 14.2 Å². The van der Waals surface area contributed by atoms with Gasteiger partial charge in [-0.3, -0.25) is 9.89 Å². The van der Waals surface area contributed by atoms with E-state index in [0.29, 0.717) is 23.1 Å². The molecule has 1 aliphatic rings. The van der Waals surface area contributed by atoms with Gasteiger partial charge >= 0.3 is 0 Å². The molecule has 2 aromatic heterocycles. The van der Waals surface area contributed by atoms with E-state index in [1.807, 2.05) is 30.0 Å². The van der Waals surface area contributed by atoms with E-state index in [1.165, 1.54) is 0 Å². The predicted molar refractivity (Wildman–Crippen MR) is 103 cm³/mol. The average molecular weight is 368 g/mol. The SMILES string of the molecule is COc1cc2cc(C(=O)N3CCC(c4cc(C)[nH]n4)CC3)[nH]c2cc1OC. The zero-order valence-corrected chi connectivity index (χ0v) is 15.8. The monoisotopic (exact) mass is 368 g/mol. The van der Waals surface area contributed by atoms with E-state index in [2.05, 4.69) is 21.2 Å². The molecule has 0 atom stereocenters. The Morgan fingerprint density at radius 2 is 1.81 bits per heavy atom. The van der Waals surface area contributed by atoms with Crippen LogP contribution in [0, 0.1) is 6.92 Å². The second-order valence-electron chi connectivity index (χ2n) is 7.02. The minimum Gasteiger partial charge on any atom is -0.493 e. The van der Waals surface area contributed by atoms with Crippen LogP contribution >= 0.6 is 0 Å². The van der Waals surface area contributed by atoms with E-state index in [0.717, 1.165) is 48.2 Å². The summed E-state index contributed by atoms with van der Waals surface area (Å²) in [5.74, 6) is 1.73. The molecule has 0 unspecified atom stereocenters. The standard InChI is InChI=1S/C20H24N4O3/c1-12-8-16(23-22-12)13-4-6-24(7-5-13)20(25)17-9-14-10-18(26-2)19(27-3)11-15(14)21-17/h8-11,13,21H,4-7H2,1-3H3,(H,22,23). The number of carbonyl (C=O) groups is 1. The van der Waals surface area contributed by atoms with E-state index in [9.17, 15) is 4.79 Å². The minimum absolute atomic E-state index is 0.0285. The number of amides is 1. The predicted octanol–water partition coefficient (Wildman–Crippen LogP) is 3.24. The molecular formula is C20H24N4O3. The molecule has 1 aliphatic heterocycles. The lowest BCUT2D eigenvalue weighted by Crippen LogP contribution is -2.38. The average Bonchev–Trinajstić information content (AvgIpc) is 3.32. The molecular weight excluding hydrogens is 344 g/mol. The van der Waals surface area contributed by atoms with Crippen LogP contribution in [0.4, 0.5) is 0 Å². The molecule has 1 aromatic carbocycles. The summed E-state index contributed by atoms with van der Waals surface area (Å²) in [6.45, 7) is 3.48. The van der Waals surface area contributed by atoms with Gasteiger partial charge in [0.25, 0.3) is 5.91 Å². The fraction of sp³-hybridized carbons (Fsp3) is 0.400. The highest BCUT2D eigenvalue weighted by molar-refractivity contribution is 5.98. The van der Waals surface area contributed by atoms with Crippen molar-refractivity contribution in [1.29, 1.82) is 0 Å². The number of rotatable bonds is 4. The van der Waals surface area contributed by atoms with Gasteiger partial charge in [0.15, 0.2) is 11.5 Å². The number of H-pyrrole nitrogens is 2. The first-order valence-electron chi connectivity index (χ1n) is 9.15. The fourth-order valence-corrected chi connectivity index (χ4v) is 3.77. The smallest absolute Gasteiger partial charge is 0.270 e. The summed E-state index contributed by atoms with van der Waals surface area (Å²) in [5, 5.41) is 8.30. The lowest BCUT2D eigenvalue weighted by atomic mass is 9.93. The summed E-state index contributed by atoms with van der Waals surface area (Å²) in [7, 11) is 3.21. The van der Waals surface area contributed by atoms with Gasteiger partial charge in [-0.2, -0.15) is 5.10 Å². The minimum atomic E-state index is 0.0285. The number of nitrogens with one attached hydrogen (secondary N) is 2. The van der Waals surface area contributed by atoms with Gasteiger partial charge in [-0.1, -0.05) is 0 Å². The Morgan fingerprint density at radius 3 is 2.44 bits per heavy atom. The first-order chi connectivity index (χ1) is 13.1. The van der Waals surface area contributed by atoms with Crippen LogP contribution < -0.4 is 9.47 Å². The number of hydrogen-bond donors (Lipinski definition) is 2. The lowest BCUT2D eigenvalue weighted by molar-refractivity contribution is 0.0707. The number of likely N-dealkylation sites (tertiary alicyclic amines) is 1. The van der Waals surface area contributed by atoms with Crippen LogP contribution in [0.15, 0.2) is 24.3 Å². The normalized spacial score (nSPS) is 15.3. The van der Waals surface area contributed by atoms with Crippen molar-refractivity contribution in [2.24, 2.45) is 0 Å². The van der Waals surface area contributed by atoms with Crippen molar-refractivity contribution in [3.63, 3.8) is 0 Å². The van der Waals surface area contributed by atoms with E-state index in [4.69, 9.17) is 9.47 Å². The summed E-state index contributed by atoms with van der Waals surface area (Å²) >= 11 is 0. The summed E-state index contributed by atoms with van der Waals surface area (Å²) in [5.41, 5.74) is 3.63. The van der Waals surface area contributed by atoms with Gasteiger partial charge in [-0.15, -0.1) is 0 Å². The summed E-state index contributed by atoms with van der Waals surface area (Å²) in [6.07, 6.45) is 1.86. The molecule has 0 bridgehead atoms. The highest BCUT2D eigenvalue weighted by Crippen LogP contribution is 2.33. The maximum atomic E-state index is 12.9. The lowest BCUT2D eigenvalue weighted by Gasteiger charge is -2.31. The topological polar surface area (TPSA) is 83.2 Å². The maximum Gasteiger partial charge on any atom is 0.270 e. The van der Waals surface area contributed by atoms with Gasteiger partial charge in [0.2, 0.25) is 0 Å². The number of piperidine rings is 1. The Kier molecular flexibility index (Phi) is 4.51. The van der Waals surface area contributed by atoms with E-state index >= 15 is 0 Å². The number of benzene rings is 1. The molecule has 0 saturated carbocycles. The Morgan fingerprint density at radius 1 is 1.11 bits per heavy atom. The number of aromatic nitrogens is 3. The van der Waals surface area contributed by atoms with Gasteiger partial charge in [-0.05, 0) is 38.0 Å². The third-order valence-electron chi connectivity index (χ3n) is 5.28. The van der Waals surface area contributed by atoms with Crippen molar-refractivity contribution in [3.05, 3.63) is 41.3 Å². The van der Waals surface area contributed by atoms with Crippen LogP contribution in [-0.2, 0) is 0 Å². The van der Waals surface area contributed by atoms with Crippen LogP contribution in [0.1, 0.15) is 40.6 Å². The molecule has 142 valence electrons. The maximum absolute atomic E-state index is 12.9. The number of hydrogen-bond acceptors (Lipinski definition) is 4. The Labute approximate surface area is 157 Å². The molecule has 27 heavy (non-hydrogen) atoms. The highest BCUT2D eigenvalue weighted by atomic mass is 16.5. The number of carbonyl (C=O) groups excluding carboxylic acids is 1. The van der Waals surface area contributed by atoms with E-state index < -0.39 is 0 Å². The van der Waals surface area contributed by atoms with Crippen LogP contribution in [0.2, 0.25) is 0 Å². The van der Waals surface area contributed by atoms with E-state index in [-0.39, 0.29) is 5.91 Å². The number of aromatic amines is 2. The third kappa shape index (κ3) is 3.25. The fourth-order valence-electron chi connectivity index (χ4n) is 3.77. The quantitative estimate of drug-likeness (QED) is 0.741. The molecule has 2 N–H and O–H groups in total. The molecule has 1 amide bonds.